The number of urea groups is 1. The highest BCUT2D eigenvalue weighted by Gasteiger charge is 2.25. The van der Waals surface area contributed by atoms with Gasteiger partial charge in [-0.2, -0.15) is 0 Å². The van der Waals surface area contributed by atoms with E-state index < -0.39 is 0 Å². The van der Waals surface area contributed by atoms with Crippen LogP contribution in [0.2, 0.25) is 0 Å². The zero-order valence-electron chi connectivity index (χ0n) is 15.6. The predicted molar refractivity (Wildman–Crippen MR) is 97.1 cm³/mol. The third-order valence-corrected chi connectivity index (χ3v) is 5.55. The molecule has 3 N–H and O–H groups in total. The Bertz CT molecular complexity index is 383. The first-order valence-corrected chi connectivity index (χ1v) is 9.58. The number of likely N-dealkylation sites (N-methyl/N-ethyl adjacent to an activating group) is 1. The summed E-state index contributed by atoms with van der Waals surface area (Å²) < 4.78 is 0. The van der Waals surface area contributed by atoms with E-state index >= 15 is 0 Å². The zero-order chi connectivity index (χ0) is 17.5. The molecule has 0 aromatic heterocycles. The van der Waals surface area contributed by atoms with Gasteiger partial charge >= 0.3 is 6.03 Å². The first-order chi connectivity index (χ1) is 11.5. The van der Waals surface area contributed by atoms with Gasteiger partial charge < -0.3 is 20.6 Å². The molecule has 2 fully saturated rings. The molecular weight excluding hydrogens is 304 g/mol. The highest BCUT2D eigenvalue weighted by Crippen LogP contribution is 2.23. The van der Waals surface area contributed by atoms with Crippen molar-refractivity contribution in [3.63, 3.8) is 0 Å². The maximum absolute atomic E-state index is 12.1. The van der Waals surface area contributed by atoms with Crippen molar-refractivity contribution >= 4 is 6.03 Å². The lowest BCUT2D eigenvalue weighted by atomic mass is 9.87. The summed E-state index contributed by atoms with van der Waals surface area (Å²) in [5, 5.41) is 15.8. The van der Waals surface area contributed by atoms with Crippen molar-refractivity contribution in [2.45, 2.75) is 51.7 Å². The van der Waals surface area contributed by atoms with Crippen molar-refractivity contribution in [3.05, 3.63) is 0 Å². The van der Waals surface area contributed by atoms with Gasteiger partial charge in [0.05, 0.1) is 6.10 Å². The fourth-order valence-corrected chi connectivity index (χ4v) is 3.88. The molecule has 0 aromatic carbocycles. The fourth-order valence-electron chi connectivity index (χ4n) is 3.88. The molecule has 2 rings (SSSR count). The molecule has 24 heavy (non-hydrogen) atoms. The quantitative estimate of drug-likeness (QED) is 0.678. The number of carbonyl (C=O) groups excluding carboxylic acids is 1. The second kappa shape index (κ2) is 9.59. The van der Waals surface area contributed by atoms with Crippen LogP contribution in [0.4, 0.5) is 4.79 Å². The van der Waals surface area contributed by atoms with Crippen molar-refractivity contribution in [1.82, 2.24) is 20.4 Å². The lowest BCUT2D eigenvalue weighted by Gasteiger charge is -2.39. The summed E-state index contributed by atoms with van der Waals surface area (Å²) in [6, 6.07) is 0.316. The lowest BCUT2D eigenvalue weighted by molar-refractivity contribution is 0.0883. The van der Waals surface area contributed by atoms with Gasteiger partial charge in [-0.15, -0.1) is 0 Å². The minimum Gasteiger partial charge on any atom is -0.393 e. The Morgan fingerprint density at radius 2 is 1.88 bits per heavy atom. The molecule has 1 heterocycles. The van der Waals surface area contributed by atoms with E-state index in [2.05, 4.69) is 41.3 Å². The molecule has 0 aromatic rings. The van der Waals surface area contributed by atoms with Crippen LogP contribution in [0.1, 0.15) is 39.5 Å². The van der Waals surface area contributed by atoms with Crippen molar-refractivity contribution in [3.8, 4) is 0 Å². The van der Waals surface area contributed by atoms with Crippen molar-refractivity contribution in [2.75, 3.05) is 46.3 Å². The standard InChI is InChI=1S/C18H36N4O2/c1-14(2)17(22-9-7-21(3)8-10-22)13-20-18(24)19-12-15-5-4-6-16(23)11-15/h14-17,23H,4-13H2,1-3H3,(H2,19,20,24). The summed E-state index contributed by atoms with van der Waals surface area (Å²) in [6.45, 7) is 10.2. The Labute approximate surface area is 147 Å². The maximum atomic E-state index is 12.1. The first kappa shape index (κ1) is 19.5. The summed E-state index contributed by atoms with van der Waals surface area (Å²) in [7, 11) is 2.16. The summed E-state index contributed by atoms with van der Waals surface area (Å²) in [4.78, 5) is 17.0. The number of hydrogen-bond acceptors (Lipinski definition) is 4. The van der Waals surface area contributed by atoms with E-state index in [1.807, 2.05) is 0 Å². The van der Waals surface area contributed by atoms with Crippen LogP contribution in [0.3, 0.4) is 0 Å². The number of hydrogen-bond donors (Lipinski definition) is 3. The van der Waals surface area contributed by atoms with E-state index in [1.165, 1.54) is 0 Å². The van der Waals surface area contributed by atoms with Crippen LogP contribution in [0, 0.1) is 11.8 Å². The van der Waals surface area contributed by atoms with Crippen LogP contribution < -0.4 is 10.6 Å². The van der Waals surface area contributed by atoms with Crippen molar-refractivity contribution < 1.29 is 9.90 Å². The third kappa shape index (κ3) is 6.22. The molecule has 1 aliphatic carbocycles. The molecule has 6 heteroatoms. The number of piperazine rings is 1. The Balaban J connectivity index is 1.70. The zero-order valence-corrected chi connectivity index (χ0v) is 15.6. The van der Waals surface area contributed by atoms with Gasteiger partial charge in [-0.25, -0.2) is 4.79 Å². The Kier molecular flexibility index (Phi) is 7.78. The smallest absolute Gasteiger partial charge is 0.314 e. The van der Waals surface area contributed by atoms with E-state index in [4.69, 9.17) is 0 Å². The summed E-state index contributed by atoms with van der Waals surface area (Å²) >= 11 is 0. The SMILES string of the molecule is CC(C)C(CNC(=O)NCC1CCCC(O)C1)N1CCN(C)CC1. The number of carbonyl (C=O) groups is 1. The van der Waals surface area contributed by atoms with Gasteiger partial charge in [-0.05, 0) is 38.1 Å². The largest absolute Gasteiger partial charge is 0.393 e. The van der Waals surface area contributed by atoms with E-state index in [9.17, 15) is 9.90 Å². The van der Waals surface area contributed by atoms with Crippen LogP contribution >= 0.6 is 0 Å². The molecule has 1 saturated heterocycles. The molecule has 140 valence electrons. The van der Waals surface area contributed by atoms with E-state index in [1.54, 1.807) is 0 Å². The van der Waals surface area contributed by atoms with Gasteiger partial charge in [0.2, 0.25) is 0 Å². The number of rotatable bonds is 6. The minimum absolute atomic E-state index is 0.0742. The van der Waals surface area contributed by atoms with E-state index in [0.29, 0.717) is 31.0 Å². The number of aliphatic hydroxyl groups excluding tert-OH is 1. The second-order valence-corrected chi connectivity index (χ2v) is 7.93. The summed E-state index contributed by atoms with van der Waals surface area (Å²) in [5.41, 5.74) is 0. The molecule has 1 saturated carbocycles. The molecule has 2 aliphatic rings. The van der Waals surface area contributed by atoms with E-state index in [0.717, 1.165) is 51.9 Å². The lowest BCUT2D eigenvalue weighted by Crippen LogP contribution is -2.55. The van der Waals surface area contributed by atoms with Gasteiger partial charge in [0, 0.05) is 45.3 Å². The molecular formula is C18H36N4O2. The van der Waals surface area contributed by atoms with Crippen LogP contribution in [0.5, 0.6) is 0 Å². The number of nitrogens with one attached hydrogen (secondary N) is 2. The van der Waals surface area contributed by atoms with Crippen LogP contribution in [-0.2, 0) is 0 Å². The molecule has 2 amide bonds. The number of amides is 2. The summed E-state index contributed by atoms with van der Waals surface area (Å²) in [5.74, 6) is 0.931. The molecule has 3 unspecified atom stereocenters. The minimum atomic E-state index is -0.184. The highest BCUT2D eigenvalue weighted by molar-refractivity contribution is 5.73. The first-order valence-electron chi connectivity index (χ1n) is 9.58. The van der Waals surface area contributed by atoms with Crippen LogP contribution in [0.25, 0.3) is 0 Å². The Hall–Kier alpha value is -0.850. The predicted octanol–water partition coefficient (Wildman–Crippen LogP) is 1.11. The molecule has 0 bridgehead atoms. The topological polar surface area (TPSA) is 67.8 Å². The van der Waals surface area contributed by atoms with Crippen molar-refractivity contribution in [2.24, 2.45) is 11.8 Å². The van der Waals surface area contributed by atoms with E-state index in [-0.39, 0.29) is 12.1 Å². The average molecular weight is 341 g/mol. The van der Waals surface area contributed by atoms with Gasteiger partial charge in [-0.1, -0.05) is 20.3 Å². The Morgan fingerprint density at radius 3 is 2.50 bits per heavy atom. The number of aliphatic hydroxyl groups is 1. The second-order valence-electron chi connectivity index (χ2n) is 7.93. The molecule has 1 aliphatic heterocycles. The van der Waals surface area contributed by atoms with Gasteiger partial charge in [0.25, 0.3) is 0 Å². The Morgan fingerprint density at radius 1 is 1.17 bits per heavy atom. The summed E-state index contributed by atoms with van der Waals surface area (Å²) in [6.07, 6.45) is 3.71. The molecule has 3 atom stereocenters. The van der Waals surface area contributed by atoms with Gasteiger partial charge in [0.1, 0.15) is 0 Å². The van der Waals surface area contributed by atoms with Crippen LogP contribution in [-0.4, -0.2) is 79.4 Å². The molecule has 0 radical (unpaired) electrons. The fraction of sp³-hybridized carbons (Fsp3) is 0.944. The molecule has 0 spiro atoms. The average Bonchev–Trinajstić information content (AvgIpc) is 2.54. The highest BCUT2D eigenvalue weighted by atomic mass is 16.3. The monoisotopic (exact) mass is 340 g/mol. The van der Waals surface area contributed by atoms with Crippen LogP contribution in [0.15, 0.2) is 0 Å². The maximum Gasteiger partial charge on any atom is 0.314 e. The van der Waals surface area contributed by atoms with Crippen molar-refractivity contribution in [1.29, 1.82) is 0 Å². The number of nitrogens with zero attached hydrogens (tertiary/aromatic N) is 2. The van der Waals surface area contributed by atoms with Gasteiger partial charge in [-0.3, -0.25) is 4.90 Å². The van der Waals surface area contributed by atoms with Gasteiger partial charge in [0.15, 0.2) is 0 Å². The normalized spacial score (nSPS) is 27.9. The third-order valence-electron chi connectivity index (χ3n) is 5.55. The molecule has 6 nitrogen and oxygen atoms in total.